The summed E-state index contributed by atoms with van der Waals surface area (Å²) in [7, 11) is 0. The van der Waals surface area contributed by atoms with Gasteiger partial charge in [0.05, 0.1) is 0 Å². The summed E-state index contributed by atoms with van der Waals surface area (Å²) in [6.07, 6.45) is 31.5. The maximum Gasteiger partial charge on any atom is -0.0224 e. The Bertz CT molecular complexity index is 1070. The molecule has 280 valence electrons. The number of hydrogen-bond acceptors (Lipinski definition) is 0. The smallest absolute Gasteiger partial charge is 0.0224 e. The molecule has 8 fully saturated rings. The van der Waals surface area contributed by atoms with Crippen molar-refractivity contribution in [3.8, 4) is 0 Å². The van der Waals surface area contributed by atoms with E-state index in [4.69, 9.17) is 0 Å². The predicted octanol–water partition coefficient (Wildman–Crippen LogP) is 14.4. The molecule has 49 heavy (non-hydrogen) atoms. The molecule has 0 heterocycles. The van der Waals surface area contributed by atoms with Crippen LogP contribution in [0.25, 0.3) is 0 Å². The first-order valence-electron chi connectivity index (χ1n) is 23.7. The Morgan fingerprint density at radius 1 is 0.449 bits per heavy atom. The quantitative estimate of drug-likeness (QED) is 0.241. The van der Waals surface area contributed by atoms with Gasteiger partial charge in [-0.3, -0.25) is 0 Å². The van der Waals surface area contributed by atoms with Crippen molar-refractivity contribution in [3.63, 3.8) is 0 Å². The molecule has 8 rings (SSSR count). The van der Waals surface area contributed by atoms with Gasteiger partial charge in [-0.25, -0.2) is 0 Å². The van der Waals surface area contributed by atoms with Gasteiger partial charge < -0.3 is 0 Å². The minimum absolute atomic E-state index is 0.651. The van der Waals surface area contributed by atoms with E-state index in [0.717, 1.165) is 118 Å². The molecule has 0 aromatic heterocycles. The third-order valence-corrected chi connectivity index (χ3v) is 20.2. The summed E-state index contributed by atoms with van der Waals surface area (Å²) >= 11 is 0. The van der Waals surface area contributed by atoms with Crippen LogP contribution in [0.4, 0.5) is 0 Å². The van der Waals surface area contributed by atoms with E-state index in [1.807, 2.05) is 0 Å². The summed E-state index contributed by atoms with van der Waals surface area (Å²) in [5, 5.41) is 0. The van der Waals surface area contributed by atoms with E-state index in [2.05, 4.69) is 55.4 Å². The second-order valence-corrected chi connectivity index (χ2v) is 22.0. The van der Waals surface area contributed by atoms with Crippen molar-refractivity contribution < 1.29 is 0 Å². The standard InChI is InChI=1S/C49H84/c1-9-31(10-2)36-22-37(32(11-3)12-4)28-49(27-36)47-39-20-16-15-19-38(39)40(29(5)6)25-45(47)46-44-24-35-21-33-17-13-14-18-34(33)23-42(35)43(44)26-41(30(7)8)48(46)49/h29-48H,9-28H2,1-8H3. The maximum absolute atomic E-state index is 2.74. The van der Waals surface area contributed by atoms with E-state index in [1.54, 1.807) is 103 Å². The zero-order chi connectivity index (χ0) is 34.2. The molecule has 16 atom stereocenters. The van der Waals surface area contributed by atoms with Gasteiger partial charge in [0.25, 0.3) is 0 Å². The van der Waals surface area contributed by atoms with Gasteiger partial charge in [-0.05, 0) is 188 Å². The van der Waals surface area contributed by atoms with Gasteiger partial charge in [0.2, 0.25) is 0 Å². The molecular formula is C49H84. The van der Waals surface area contributed by atoms with Crippen LogP contribution >= 0.6 is 0 Å². The Hall–Kier alpha value is 0. The van der Waals surface area contributed by atoms with Crippen LogP contribution in [-0.2, 0) is 0 Å². The van der Waals surface area contributed by atoms with Gasteiger partial charge >= 0.3 is 0 Å². The number of hydrogen-bond donors (Lipinski definition) is 0. The van der Waals surface area contributed by atoms with Crippen molar-refractivity contribution in [2.45, 2.75) is 184 Å². The molecule has 16 unspecified atom stereocenters. The lowest BCUT2D eigenvalue weighted by Crippen LogP contribution is -2.53. The highest BCUT2D eigenvalue weighted by Crippen LogP contribution is 2.78. The molecule has 0 N–H and O–H groups in total. The molecule has 0 aromatic carbocycles. The average Bonchev–Trinajstić information content (AvgIpc) is 3.59. The summed E-state index contributed by atoms with van der Waals surface area (Å²) in [5.41, 5.74) is 0.651. The van der Waals surface area contributed by atoms with Gasteiger partial charge in [-0.15, -0.1) is 0 Å². The fourth-order valence-corrected chi connectivity index (χ4v) is 18.7. The minimum atomic E-state index is 0.651. The molecule has 0 saturated heterocycles. The molecule has 1 spiro atoms. The van der Waals surface area contributed by atoms with Crippen molar-refractivity contribution in [2.75, 3.05) is 0 Å². The van der Waals surface area contributed by atoms with E-state index in [9.17, 15) is 0 Å². The van der Waals surface area contributed by atoms with Crippen LogP contribution in [0, 0.1) is 124 Å². The monoisotopic (exact) mass is 673 g/mol. The van der Waals surface area contributed by atoms with Crippen LogP contribution in [-0.4, -0.2) is 0 Å². The highest BCUT2D eigenvalue weighted by Gasteiger charge is 2.72. The molecular weight excluding hydrogens is 589 g/mol. The van der Waals surface area contributed by atoms with Crippen LogP contribution < -0.4 is 0 Å². The second kappa shape index (κ2) is 14.3. The second-order valence-electron chi connectivity index (χ2n) is 22.0. The summed E-state index contributed by atoms with van der Waals surface area (Å²) in [6.45, 7) is 21.1. The summed E-state index contributed by atoms with van der Waals surface area (Å²) in [6, 6.07) is 0. The normalized spacial score (nSPS) is 50.7. The Morgan fingerprint density at radius 3 is 1.57 bits per heavy atom. The molecule has 0 radical (unpaired) electrons. The number of fused-ring (bicyclic) bond motifs is 12. The van der Waals surface area contributed by atoms with E-state index in [-0.39, 0.29) is 0 Å². The van der Waals surface area contributed by atoms with Crippen molar-refractivity contribution in [2.24, 2.45) is 124 Å². The fourth-order valence-electron chi connectivity index (χ4n) is 18.7. The lowest BCUT2D eigenvalue weighted by atomic mass is 9.45. The third kappa shape index (κ3) is 5.83. The zero-order valence-corrected chi connectivity index (χ0v) is 34.2. The van der Waals surface area contributed by atoms with Crippen LogP contribution in [0.1, 0.15) is 184 Å². The Labute approximate surface area is 306 Å². The predicted molar refractivity (Wildman–Crippen MR) is 210 cm³/mol. The zero-order valence-electron chi connectivity index (χ0n) is 34.2. The molecule has 0 heteroatoms. The summed E-state index contributed by atoms with van der Waals surface area (Å²) in [4.78, 5) is 0. The molecule has 0 bridgehead atoms. The maximum atomic E-state index is 2.74. The molecule has 0 amide bonds. The van der Waals surface area contributed by atoms with Gasteiger partial charge in [0.1, 0.15) is 0 Å². The lowest BCUT2D eigenvalue weighted by molar-refractivity contribution is -0.112. The molecule has 8 aliphatic carbocycles. The fraction of sp³-hybridized carbons (Fsp3) is 1.00. The molecule has 0 aliphatic heterocycles. The first kappa shape index (κ1) is 36.0. The third-order valence-electron chi connectivity index (χ3n) is 20.2. The lowest BCUT2D eigenvalue weighted by Gasteiger charge is -2.60. The van der Waals surface area contributed by atoms with Gasteiger partial charge in [-0.2, -0.15) is 0 Å². The molecule has 8 saturated carbocycles. The van der Waals surface area contributed by atoms with Crippen LogP contribution in [0.15, 0.2) is 0 Å². The first-order chi connectivity index (χ1) is 23.7. The largest absolute Gasteiger partial charge is 0.0651 e. The van der Waals surface area contributed by atoms with Crippen LogP contribution in [0.3, 0.4) is 0 Å². The van der Waals surface area contributed by atoms with E-state index in [0.29, 0.717) is 5.41 Å². The van der Waals surface area contributed by atoms with E-state index >= 15 is 0 Å². The van der Waals surface area contributed by atoms with Gasteiger partial charge in [-0.1, -0.05) is 120 Å². The average molecular weight is 673 g/mol. The minimum Gasteiger partial charge on any atom is -0.0651 e. The van der Waals surface area contributed by atoms with Crippen molar-refractivity contribution >= 4 is 0 Å². The highest BCUT2D eigenvalue weighted by molar-refractivity contribution is 5.20. The summed E-state index contributed by atoms with van der Waals surface area (Å²) < 4.78 is 0. The van der Waals surface area contributed by atoms with Crippen LogP contribution in [0.5, 0.6) is 0 Å². The van der Waals surface area contributed by atoms with Crippen LogP contribution in [0.2, 0.25) is 0 Å². The number of rotatable bonds is 8. The van der Waals surface area contributed by atoms with E-state index < -0.39 is 0 Å². The molecule has 0 aromatic rings. The molecule has 8 aliphatic rings. The topological polar surface area (TPSA) is 0 Å². The van der Waals surface area contributed by atoms with Crippen molar-refractivity contribution in [3.05, 3.63) is 0 Å². The SMILES string of the molecule is CCC(CC)C1CC(C(CC)CC)CC2(C1)C1C3CCCCC3C(C(C)C)CC1C1C3CC4CC5CCCCC5CC4C3CC(C(C)C)C12. The van der Waals surface area contributed by atoms with E-state index in [1.165, 1.54) is 25.7 Å². The highest BCUT2D eigenvalue weighted by atomic mass is 14.8. The van der Waals surface area contributed by atoms with Gasteiger partial charge in [0.15, 0.2) is 0 Å². The first-order valence-corrected chi connectivity index (χ1v) is 23.7. The Morgan fingerprint density at radius 2 is 0.980 bits per heavy atom. The van der Waals surface area contributed by atoms with Gasteiger partial charge in [0, 0.05) is 0 Å². The molecule has 0 nitrogen and oxygen atoms in total. The summed E-state index contributed by atoms with van der Waals surface area (Å²) in [5.74, 6) is 20.7. The van der Waals surface area contributed by atoms with Crippen molar-refractivity contribution in [1.82, 2.24) is 0 Å². The Balaban J connectivity index is 1.26. The Kier molecular flexibility index (Phi) is 10.5. The van der Waals surface area contributed by atoms with Crippen molar-refractivity contribution in [1.29, 1.82) is 0 Å².